The van der Waals surface area contributed by atoms with Crippen molar-refractivity contribution in [2.24, 2.45) is 0 Å². The normalized spacial score (nSPS) is 12.1. The van der Waals surface area contributed by atoms with Crippen LogP contribution in [-0.4, -0.2) is 18.7 Å². The predicted octanol–water partition coefficient (Wildman–Crippen LogP) is 14.2. The summed E-state index contributed by atoms with van der Waals surface area (Å²) >= 11 is 0. The lowest BCUT2D eigenvalue weighted by Gasteiger charge is -2.34. The first-order chi connectivity index (χ1) is 31.8. The van der Waals surface area contributed by atoms with Crippen molar-refractivity contribution in [3.05, 3.63) is 268 Å². The Morgan fingerprint density at radius 1 is 0.354 bits per heavy atom. The van der Waals surface area contributed by atoms with Crippen molar-refractivity contribution in [1.82, 2.24) is 0 Å². The lowest BCUT2D eigenvalue weighted by molar-refractivity contribution is 0.103. The first-order valence-electron chi connectivity index (χ1n) is 21.4. The number of fused-ring (bicyclic) bond motifs is 3. The molecule has 9 aromatic rings. The van der Waals surface area contributed by atoms with E-state index in [1.165, 1.54) is 22.3 Å². The molecule has 0 amide bonds. The van der Waals surface area contributed by atoms with Crippen LogP contribution in [0.1, 0.15) is 59.7 Å². The molecule has 0 unspecified atom stereocenters. The van der Waals surface area contributed by atoms with Gasteiger partial charge in [-0.05, 0) is 149 Å². The summed E-state index contributed by atoms with van der Waals surface area (Å²) in [6.45, 7) is 1.99. The first-order valence-corrected chi connectivity index (χ1v) is 21.4. The van der Waals surface area contributed by atoms with Gasteiger partial charge in [-0.15, -0.1) is 0 Å². The van der Waals surface area contributed by atoms with Crippen LogP contribution in [-0.2, 0) is 5.41 Å². The molecule has 1 aliphatic carbocycles. The molecule has 0 saturated heterocycles. The van der Waals surface area contributed by atoms with E-state index in [4.69, 9.17) is 18.9 Å². The minimum absolute atomic E-state index is 0.0424. The standard InChI is InChI=1S/C59H42O6/c1-39-14-16-40(17-15-39)57(60)41-20-30-48(31-21-41)64-51-8-7-9-52(38-51)65-49-32-22-43(23-33-49)58(61)42-18-28-47(29-19-42)63-50-36-26-45(27-37-50)59(44-24-34-46(62-2)35-25-44)55-12-5-3-10-53(55)54-11-4-6-13-56(54)59/h3-38H,1-2H3. The van der Waals surface area contributed by atoms with Gasteiger partial charge in [-0.25, -0.2) is 0 Å². The molecule has 0 fully saturated rings. The number of methoxy groups -OCH3 is 1. The van der Waals surface area contributed by atoms with Crippen molar-refractivity contribution in [2.75, 3.05) is 7.11 Å². The molecule has 10 rings (SSSR count). The summed E-state index contributed by atoms with van der Waals surface area (Å²) in [5.74, 6) is 4.28. The minimum atomic E-state index is -0.535. The molecule has 0 aromatic heterocycles. The van der Waals surface area contributed by atoms with E-state index in [0.717, 1.165) is 22.4 Å². The van der Waals surface area contributed by atoms with E-state index in [0.29, 0.717) is 56.8 Å². The van der Waals surface area contributed by atoms with Gasteiger partial charge in [-0.2, -0.15) is 0 Å². The Kier molecular flexibility index (Phi) is 10.8. The van der Waals surface area contributed by atoms with Crippen LogP contribution >= 0.6 is 0 Å². The quantitative estimate of drug-likeness (QED) is 0.108. The van der Waals surface area contributed by atoms with E-state index in [1.54, 1.807) is 73.8 Å². The van der Waals surface area contributed by atoms with Crippen LogP contribution in [0.15, 0.2) is 218 Å². The van der Waals surface area contributed by atoms with Gasteiger partial charge in [0.15, 0.2) is 11.6 Å². The second kappa shape index (κ2) is 17.4. The van der Waals surface area contributed by atoms with Crippen LogP contribution < -0.4 is 18.9 Å². The number of carbonyl (C=O) groups excluding carboxylic acids is 2. The smallest absolute Gasteiger partial charge is 0.193 e. The first kappa shape index (κ1) is 40.6. The molecule has 314 valence electrons. The van der Waals surface area contributed by atoms with Gasteiger partial charge in [-0.1, -0.05) is 109 Å². The van der Waals surface area contributed by atoms with Gasteiger partial charge in [0.2, 0.25) is 0 Å². The fourth-order valence-corrected chi connectivity index (χ4v) is 8.71. The highest BCUT2D eigenvalue weighted by Gasteiger charge is 2.45. The zero-order chi connectivity index (χ0) is 44.3. The molecule has 0 saturated carbocycles. The van der Waals surface area contributed by atoms with E-state index < -0.39 is 5.41 Å². The summed E-state index contributed by atoms with van der Waals surface area (Å²) in [4.78, 5) is 26.4. The predicted molar refractivity (Wildman–Crippen MR) is 254 cm³/mol. The maximum Gasteiger partial charge on any atom is 0.193 e. The van der Waals surface area contributed by atoms with Crippen LogP contribution in [0.5, 0.6) is 40.2 Å². The highest BCUT2D eigenvalue weighted by atomic mass is 16.5. The summed E-state index contributed by atoms with van der Waals surface area (Å²) in [5.41, 5.74) is 10.0. The number of rotatable bonds is 13. The number of carbonyl (C=O) groups is 2. The second-order valence-corrected chi connectivity index (χ2v) is 16.0. The number of hydrogen-bond donors (Lipinski definition) is 0. The summed E-state index contributed by atoms with van der Waals surface area (Å²) in [5, 5.41) is 0. The molecule has 6 heteroatoms. The molecule has 0 heterocycles. The monoisotopic (exact) mass is 846 g/mol. The molecule has 0 radical (unpaired) electrons. The van der Waals surface area contributed by atoms with Crippen molar-refractivity contribution in [3.63, 3.8) is 0 Å². The average Bonchev–Trinajstić information content (AvgIpc) is 3.66. The van der Waals surface area contributed by atoms with E-state index >= 15 is 0 Å². The van der Waals surface area contributed by atoms with Crippen LogP contribution in [0.3, 0.4) is 0 Å². The van der Waals surface area contributed by atoms with E-state index in [9.17, 15) is 9.59 Å². The van der Waals surface area contributed by atoms with Gasteiger partial charge < -0.3 is 18.9 Å². The summed E-state index contributed by atoms with van der Waals surface area (Å²) in [6, 6.07) is 70.1. The zero-order valence-corrected chi connectivity index (χ0v) is 35.7. The van der Waals surface area contributed by atoms with Crippen molar-refractivity contribution in [1.29, 1.82) is 0 Å². The Labute approximate surface area is 377 Å². The van der Waals surface area contributed by atoms with Gasteiger partial charge >= 0.3 is 0 Å². The Morgan fingerprint density at radius 2 is 0.692 bits per heavy atom. The number of aryl methyl sites for hydroxylation is 1. The third kappa shape index (κ3) is 7.94. The number of ketones is 2. The van der Waals surface area contributed by atoms with Crippen molar-refractivity contribution in [3.8, 4) is 51.4 Å². The van der Waals surface area contributed by atoms with Gasteiger partial charge in [0.05, 0.1) is 12.5 Å². The average molecular weight is 847 g/mol. The van der Waals surface area contributed by atoms with E-state index in [1.807, 2.05) is 85.8 Å². The Bertz CT molecular complexity index is 3110. The fourth-order valence-electron chi connectivity index (χ4n) is 8.71. The number of hydrogen-bond acceptors (Lipinski definition) is 6. The highest BCUT2D eigenvalue weighted by molar-refractivity contribution is 6.09. The fraction of sp³-hybridized carbons (Fsp3) is 0.0508. The van der Waals surface area contributed by atoms with E-state index in [2.05, 4.69) is 72.8 Å². The number of ether oxygens (including phenoxy) is 4. The van der Waals surface area contributed by atoms with Crippen molar-refractivity contribution >= 4 is 11.6 Å². The molecule has 9 aromatic carbocycles. The largest absolute Gasteiger partial charge is 0.497 e. The molecule has 0 spiro atoms. The Morgan fingerprint density at radius 3 is 1.09 bits per heavy atom. The molecule has 0 atom stereocenters. The SMILES string of the molecule is COc1ccc(C2(c3ccc(Oc4ccc(C(=O)c5ccc(Oc6cccc(Oc7ccc(C(=O)c8ccc(C)cc8)cc7)c6)cc5)cc4)cc3)c3ccccc3-c3ccccc32)cc1. The maximum absolute atomic E-state index is 13.5. The van der Waals surface area contributed by atoms with Crippen LogP contribution in [0.25, 0.3) is 11.1 Å². The lowest BCUT2D eigenvalue weighted by Crippen LogP contribution is -2.28. The van der Waals surface area contributed by atoms with Gasteiger partial charge in [-0.3, -0.25) is 9.59 Å². The molecule has 65 heavy (non-hydrogen) atoms. The van der Waals surface area contributed by atoms with Gasteiger partial charge in [0.25, 0.3) is 0 Å². The molecule has 0 N–H and O–H groups in total. The zero-order valence-electron chi connectivity index (χ0n) is 35.7. The summed E-state index contributed by atoms with van der Waals surface area (Å²) in [7, 11) is 1.69. The highest BCUT2D eigenvalue weighted by Crippen LogP contribution is 2.56. The van der Waals surface area contributed by atoms with E-state index in [-0.39, 0.29) is 11.6 Å². The minimum Gasteiger partial charge on any atom is -0.497 e. The molecule has 6 nitrogen and oxygen atoms in total. The third-order valence-corrected chi connectivity index (χ3v) is 11.9. The molecule has 0 bridgehead atoms. The Hall–Kier alpha value is -8.48. The van der Waals surface area contributed by atoms with Gasteiger partial charge in [0, 0.05) is 28.3 Å². The van der Waals surface area contributed by atoms with Crippen LogP contribution in [0.4, 0.5) is 0 Å². The molecular weight excluding hydrogens is 805 g/mol. The molecule has 1 aliphatic rings. The lowest BCUT2D eigenvalue weighted by atomic mass is 9.68. The summed E-state index contributed by atoms with van der Waals surface area (Å²) < 4.78 is 24.1. The second-order valence-electron chi connectivity index (χ2n) is 16.0. The van der Waals surface area contributed by atoms with Gasteiger partial charge in [0.1, 0.15) is 40.2 Å². The summed E-state index contributed by atoms with van der Waals surface area (Å²) in [6.07, 6.45) is 0. The third-order valence-electron chi connectivity index (χ3n) is 11.9. The Balaban J connectivity index is 0.793. The van der Waals surface area contributed by atoms with Crippen molar-refractivity contribution in [2.45, 2.75) is 12.3 Å². The topological polar surface area (TPSA) is 71.1 Å². The van der Waals surface area contributed by atoms with Crippen molar-refractivity contribution < 1.29 is 28.5 Å². The van der Waals surface area contributed by atoms with Crippen LogP contribution in [0, 0.1) is 6.92 Å². The molecule has 0 aliphatic heterocycles. The number of benzene rings is 9. The van der Waals surface area contributed by atoms with Crippen LogP contribution in [0.2, 0.25) is 0 Å². The maximum atomic E-state index is 13.5. The molecular formula is C59H42O6.